The molecular formula is C19H29NO2S. The summed E-state index contributed by atoms with van der Waals surface area (Å²) in [4.78, 5) is 14.0. The lowest BCUT2D eigenvalue weighted by Gasteiger charge is -2.28. The number of carbonyl (C=O) groups excluding carboxylic acids is 1. The van der Waals surface area contributed by atoms with E-state index in [1.54, 1.807) is 18.7 Å². The Hall–Kier alpha value is -1.00. The second kappa shape index (κ2) is 8.20. The maximum atomic E-state index is 12.8. The van der Waals surface area contributed by atoms with Crippen LogP contribution in [0.15, 0.2) is 29.2 Å². The van der Waals surface area contributed by atoms with Crippen LogP contribution >= 0.6 is 11.8 Å². The number of hydrogen-bond donors (Lipinski definition) is 2. The predicted octanol–water partition coefficient (Wildman–Crippen LogP) is 3.92. The first-order chi connectivity index (χ1) is 10.9. The molecule has 2 unspecified atom stereocenters. The third-order valence-electron chi connectivity index (χ3n) is 4.51. The average Bonchev–Trinajstić information content (AvgIpc) is 2.96. The lowest BCUT2D eigenvalue weighted by molar-refractivity contribution is -0.123. The fourth-order valence-electron chi connectivity index (χ4n) is 3.25. The Morgan fingerprint density at radius 2 is 1.87 bits per heavy atom. The first-order valence-electron chi connectivity index (χ1n) is 8.63. The number of aliphatic hydroxyl groups excluding tert-OH is 1. The molecule has 1 amide bonds. The Balaban J connectivity index is 1.99. The van der Waals surface area contributed by atoms with Crippen molar-refractivity contribution >= 4 is 17.7 Å². The Kier molecular flexibility index (Phi) is 6.54. The Bertz CT molecular complexity index is 507. The van der Waals surface area contributed by atoms with Crippen LogP contribution in [-0.4, -0.2) is 28.4 Å². The second-order valence-electron chi connectivity index (χ2n) is 7.02. The van der Waals surface area contributed by atoms with Crippen molar-refractivity contribution in [2.45, 2.75) is 68.6 Å². The third-order valence-corrected chi connectivity index (χ3v) is 6.01. The summed E-state index contributed by atoms with van der Waals surface area (Å²) in [5, 5.41) is 12.6. The van der Waals surface area contributed by atoms with Gasteiger partial charge in [-0.2, -0.15) is 0 Å². The molecule has 2 N–H and O–H groups in total. The number of amides is 1. The summed E-state index contributed by atoms with van der Waals surface area (Å²) < 4.78 is -0.320. The van der Waals surface area contributed by atoms with Crippen LogP contribution in [0.5, 0.6) is 0 Å². The van der Waals surface area contributed by atoms with Gasteiger partial charge in [-0.15, -0.1) is 11.8 Å². The van der Waals surface area contributed by atoms with E-state index in [-0.39, 0.29) is 16.8 Å². The van der Waals surface area contributed by atoms with Gasteiger partial charge in [0.25, 0.3) is 0 Å². The number of aryl methyl sites for hydroxylation is 1. The van der Waals surface area contributed by atoms with Crippen molar-refractivity contribution in [3.63, 3.8) is 0 Å². The molecular weight excluding hydrogens is 306 g/mol. The van der Waals surface area contributed by atoms with Gasteiger partial charge in [0.2, 0.25) is 5.91 Å². The van der Waals surface area contributed by atoms with Crippen LogP contribution in [0.1, 0.15) is 51.5 Å². The largest absolute Gasteiger partial charge is 0.393 e. The van der Waals surface area contributed by atoms with E-state index in [2.05, 4.69) is 43.4 Å². The monoisotopic (exact) mass is 335 g/mol. The minimum atomic E-state index is -0.320. The molecule has 1 aliphatic rings. The van der Waals surface area contributed by atoms with E-state index in [4.69, 9.17) is 0 Å². The standard InChI is InChI=1S/C19H29NO2S/c1-14-6-8-17(9-7-14)23-19(10-4-5-11-19)18(22)20-13-15(2)12-16(3)21/h6-9,15-16,21H,4-5,10-13H2,1-3H3,(H,20,22). The number of benzene rings is 1. The Labute approximate surface area is 144 Å². The summed E-state index contributed by atoms with van der Waals surface area (Å²) in [7, 11) is 0. The molecule has 3 nitrogen and oxygen atoms in total. The highest BCUT2D eigenvalue weighted by molar-refractivity contribution is 8.01. The molecule has 4 heteroatoms. The molecule has 0 aliphatic heterocycles. The number of rotatable bonds is 7. The number of hydrogen-bond acceptors (Lipinski definition) is 3. The zero-order chi connectivity index (χ0) is 16.9. The molecule has 0 saturated heterocycles. The van der Waals surface area contributed by atoms with Crippen LogP contribution in [0.3, 0.4) is 0 Å². The number of carbonyl (C=O) groups is 1. The number of nitrogens with one attached hydrogen (secondary N) is 1. The summed E-state index contributed by atoms with van der Waals surface area (Å²) in [6.45, 7) is 6.58. The molecule has 1 aromatic rings. The quantitative estimate of drug-likeness (QED) is 0.794. The highest BCUT2D eigenvalue weighted by Gasteiger charge is 2.42. The minimum absolute atomic E-state index is 0.165. The molecule has 128 valence electrons. The van der Waals surface area contributed by atoms with Gasteiger partial charge in [0.05, 0.1) is 10.9 Å². The molecule has 0 aromatic heterocycles. The SMILES string of the molecule is Cc1ccc(SC2(C(=O)NCC(C)CC(C)O)CCCC2)cc1. The van der Waals surface area contributed by atoms with Gasteiger partial charge >= 0.3 is 0 Å². The van der Waals surface area contributed by atoms with Gasteiger partial charge in [-0.05, 0) is 51.2 Å². The van der Waals surface area contributed by atoms with E-state index in [0.29, 0.717) is 12.5 Å². The molecule has 0 bridgehead atoms. The van der Waals surface area contributed by atoms with Gasteiger partial charge in [0, 0.05) is 11.4 Å². The lowest BCUT2D eigenvalue weighted by atomic mass is 10.0. The van der Waals surface area contributed by atoms with Gasteiger partial charge < -0.3 is 10.4 Å². The van der Waals surface area contributed by atoms with Crippen LogP contribution in [0.2, 0.25) is 0 Å². The van der Waals surface area contributed by atoms with Crippen molar-refractivity contribution in [3.8, 4) is 0 Å². The normalized spacial score (nSPS) is 19.3. The molecule has 23 heavy (non-hydrogen) atoms. The summed E-state index contributed by atoms with van der Waals surface area (Å²) in [5.41, 5.74) is 1.24. The first kappa shape index (κ1) is 18.3. The summed E-state index contributed by atoms with van der Waals surface area (Å²) in [6.07, 6.45) is 4.54. The van der Waals surface area contributed by atoms with E-state index in [1.165, 1.54) is 10.5 Å². The van der Waals surface area contributed by atoms with Gasteiger partial charge in [-0.1, -0.05) is 37.5 Å². The molecule has 1 fully saturated rings. The van der Waals surface area contributed by atoms with E-state index in [1.807, 2.05) is 0 Å². The topological polar surface area (TPSA) is 49.3 Å². The molecule has 0 heterocycles. The van der Waals surface area contributed by atoms with Crippen molar-refractivity contribution in [2.75, 3.05) is 6.54 Å². The van der Waals surface area contributed by atoms with Crippen LogP contribution < -0.4 is 5.32 Å². The third kappa shape index (κ3) is 5.25. The zero-order valence-electron chi connectivity index (χ0n) is 14.5. The van der Waals surface area contributed by atoms with Crippen molar-refractivity contribution in [1.29, 1.82) is 0 Å². The molecule has 2 rings (SSSR count). The Morgan fingerprint density at radius 1 is 1.26 bits per heavy atom. The van der Waals surface area contributed by atoms with Crippen molar-refractivity contribution in [3.05, 3.63) is 29.8 Å². The van der Waals surface area contributed by atoms with Crippen LogP contribution in [0.25, 0.3) is 0 Å². The summed E-state index contributed by atoms with van der Waals surface area (Å²) in [5.74, 6) is 0.458. The fraction of sp³-hybridized carbons (Fsp3) is 0.632. The predicted molar refractivity (Wildman–Crippen MR) is 96.7 cm³/mol. The van der Waals surface area contributed by atoms with Crippen molar-refractivity contribution in [1.82, 2.24) is 5.32 Å². The molecule has 1 saturated carbocycles. The maximum Gasteiger partial charge on any atom is 0.236 e. The lowest BCUT2D eigenvalue weighted by Crippen LogP contribution is -2.44. The van der Waals surface area contributed by atoms with Gasteiger partial charge in [0.15, 0.2) is 0 Å². The van der Waals surface area contributed by atoms with Crippen molar-refractivity contribution < 1.29 is 9.90 Å². The summed E-state index contributed by atoms with van der Waals surface area (Å²) in [6, 6.07) is 8.44. The van der Waals surface area contributed by atoms with E-state index in [9.17, 15) is 9.90 Å². The van der Waals surface area contributed by atoms with E-state index in [0.717, 1.165) is 32.1 Å². The van der Waals surface area contributed by atoms with Crippen LogP contribution in [0.4, 0.5) is 0 Å². The minimum Gasteiger partial charge on any atom is -0.393 e. The fourth-order valence-corrected chi connectivity index (χ4v) is 4.63. The van der Waals surface area contributed by atoms with Gasteiger partial charge in [-0.3, -0.25) is 4.79 Å². The Morgan fingerprint density at radius 3 is 2.43 bits per heavy atom. The van der Waals surface area contributed by atoms with Crippen LogP contribution in [-0.2, 0) is 4.79 Å². The highest BCUT2D eigenvalue weighted by Crippen LogP contribution is 2.45. The van der Waals surface area contributed by atoms with Gasteiger partial charge in [0.1, 0.15) is 0 Å². The number of aliphatic hydroxyl groups is 1. The average molecular weight is 336 g/mol. The molecule has 0 radical (unpaired) electrons. The van der Waals surface area contributed by atoms with Crippen molar-refractivity contribution in [2.24, 2.45) is 5.92 Å². The smallest absolute Gasteiger partial charge is 0.236 e. The van der Waals surface area contributed by atoms with E-state index < -0.39 is 0 Å². The molecule has 2 atom stereocenters. The molecule has 1 aromatic carbocycles. The maximum absolute atomic E-state index is 12.8. The first-order valence-corrected chi connectivity index (χ1v) is 9.45. The highest BCUT2D eigenvalue weighted by atomic mass is 32.2. The molecule has 1 aliphatic carbocycles. The zero-order valence-corrected chi connectivity index (χ0v) is 15.3. The summed E-state index contributed by atoms with van der Waals surface area (Å²) >= 11 is 1.72. The van der Waals surface area contributed by atoms with E-state index >= 15 is 0 Å². The molecule has 0 spiro atoms. The van der Waals surface area contributed by atoms with Crippen LogP contribution in [0, 0.1) is 12.8 Å². The van der Waals surface area contributed by atoms with Gasteiger partial charge in [-0.25, -0.2) is 0 Å². The number of thioether (sulfide) groups is 1. The second-order valence-corrected chi connectivity index (χ2v) is 8.47.